The zero-order chi connectivity index (χ0) is 31.8. The molecule has 0 saturated carbocycles. The average Bonchev–Trinajstić information content (AvgIpc) is 3.89. The van der Waals surface area contributed by atoms with Gasteiger partial charge in [-0.05, 0) is 77.9 Å². The van der Waals surface area contributed by atoms with Gasteiger partial charge < -0.3 is 8.98 Å². The maximum atomic E-state index is 6.21. The predicted octanol–water partition coefficient (Wildman–Crippen LogP) is 11.4. The van der Waals surface area contributed by atoms with Crippen LogP contribution in [0.3, 0.4) is 0 Å². The van der Waals surface area contributed by atoms with E-state index in [-0.39, 0.29) is 0 Å². The van der Waals surface area contributed by atoms with Crippen molar-refractivity contribution in [3.8, 4) is 16.8 Å². The molecule has 0 radical (unpaired) electrons. The molecule has 0 N–H and O–H groups in total. The van der Waals surface area contributed by atoms with Crippen LogP contribution in [0.2, 0.25) is 0 Å². The Morgan fingerprint density at radius 2 is 1.16 bits per heavy atom. The SMILES string of the molecule is c1ccc(-n2c3ccccc3c3ccc4c(c5cc(-c6ccc7oc8ccccc8c7c6)cc6c7nc8ccccc8nc7n4c65)c32)cc1. The number of furan rings is 1. The summed E-state index contributed by atoms with van der Waals surface area (Å²) in [7, 11) is 0. The quantitative estimate of drug-likeness (QED) is 0.192. The highest BCUT2D eigenvalue weighted by Crippen LogP contribution is 2.46. The van der Waals surface area contributed by atoms with E-state index in [2.05, 4.69) is 130 Å². The Kier molecular flexibility index (Phi) is 4.66. The summed E-state index contributed by atoms with van der Waals surface area (Å²) in [5, 5.41) is 8.21. The number of rotatable bonds is 2. The zero-order valence-electron chi connectivity index (χ0n) is 26.1. The summed E-state index contributed by atoms with van der Waals surface area (Å²) in [5.41, 5.74) is 13.4. The minimum absolute atomic E-state index is 0.879. The van der Waals surface area contributed by atoms with Gasteiger partial charge in [-0.3, -0.25) is 4.40 Å². The van der Waals surface area contributed by atoms with Gasteiger partial charge in [0.05, 0.1) is 33.1 Å². The Bertz CT molecular complexity index is 3330. The third-order valence-corrected chi connectivity index (χ3v) is 10.4. The van der Waals surface area contributed by atoms with Gasteiger partial charge in [-0.15, -0.1) is 0 Å². The number of fused-ring (bicyclic) bond motifs is 14. The molecular weight excluding hydrogens is 601 g/mol. The van der Waals surface area contributed by atoms with E-state index in [1.54, 1.807) is 0 Å². The van der Waals surface area contributed by atoms with Crippen LogP contribution in [-0.4, -0.2) is 18.9 Å². The van der Waals surface area contributed by atoms with Crippen LogP contribution < -0.4 is 0 Å². The standard InChI is InChI=1S/C44H24N4O/c1-2-10-27(11-3-1)47-36-16-8-4-12-28(36)30-19-20-37-40(43(30)47)32-23-26(25-18-21-39-31(22-25)29-13-5-9-17-38(29)49-39)24-33-41-44(48(37)42(32)33)46-35-15-7-6-14-34(35)45-41/h1-24H. The van der Waals surface area contributed by atoms with E-state index in [0.29, 0.717) is 0 Å². The first kappa shape index (κ1) is 25.4. The van der Waals surface area contributed by atoms with Crippen LogP contribution in [-0.2, 0) is 0 Å². The maximum absolute atomic E-state index is 6.21. The lowest BCUT2D eigenvalue weighted by atomic mass is 9.98. The lowest BCUT2D eigenvalue weighted by Crippen LogP contribution is -1.94. The van der Waals surface area contributed by atoms with Crippen molar-refractivity contribution in [2.45, 2.75) is 0 Å². The molecular formula is C44H24N4O. The van der Waals surface area contributed by atoms with Gasteiger partial charge in [0, 0.05) is 43.4 Å². The van der Waals surface area contributed by atoms with Crippen molar-refractivity contribution in [1.29, 1.82) is 0 Å². The van der Waals surface area contributed by atoms with Crippen molar-refractivity contribution < 1.29 is 4.42 Å². The van der Waals surface area contributed by atoms with Crippen LogP contribution in [0.5, 0.6) is 0 Å². The van der Waals surface area contributed by atoms with Crippen molar-refractivity contribution in [3.63, 3.8) is 0 Å². The van der Waals surface area contributed by atoms with E-state index in [0.717, 1.165) is 77.4 Å². The first-order valence-electron chi connectivity index (χ1n) is 16.6. The minimum Gasteiger partial charge on any atom is -0.456 e. The Morgan fingerprint density at radius 1 is 0.449 bits per heavy atom. The van der Waals surface area contributed by atoms with E-state index in [9.17, 15) is 0 Å². The minimum atomic E-state index is 0.879. The highest BCUT2D eigenvalue weighted by atomic mass is 16.3. The molecule has 12 rings (SSSR count). The smallest absolute Gasteiger partial charge is 0.165 e. The van der Waals surface area contributed by atoms with Gasteiger partial charge in [-0.25, -0.2) is 9.97 Å². The highest BCUT2D eigenvalue weighted by molar-refractivity contribution is 6.31. The van der Waals surface area contributed by atoms with Gasteiger partial charge in [0.1, 0.15) is 16.7 Å². The number of hydrogen-bond acceptors (Lipinski definition) is 3. The molecule has 49 heavy (non-hydrogen) atoms. The fourth-order valence-electron chi connectivity index (χ4n) is 8.33. The van der Waals surface area contributed by atoms with E-state index in [4.69, 9.17) is 14.4 Å². The molecule has 5 nitrogen and oxygen atoms in total. The summed E-state index contributed by atoms with van der Waals surface area (Å²) < 4.78 is 11.0. The number of hydrogen-bond donors (Lipinski definition) is 0. The average molecular weight is 625 g/mol. The predicted molar refractivity (Wildman–Crippen MR) is 201 cm³/mol. The number of para-hydroxylation sites is 5. The molecule has 226 valence electrons. The van der Waals surface area contributed by atoms with Crippen LogP contribution in [0, 0.1) is 0 Å². The maximum Gasteiger partial charge on any atom is 0.165 e. The molecule has 0 saturated heterocycles. The van der Waals surface area contributed by atoms with Gasteiger partial charge in [-0.2, -0.15) is 0 Å². The number of aromatic nitrogens is 4. The monoisotopic (exact) mass is 624 g/mol. The first-order chi connectivity index (χ1) is 24.3. The third-order valence-electron chi connectivity index (χ3n) is 10.4. The fourth-order valence-corrected chi connectivity index (χ4v) is 8.33. The van der Waals surface area contributed by atoms with E-state index >= 15 is 0 Å². The van der Waals surface area contributed by atoms with Gasteiger partial charge >= 0.3 is 0 Å². The molecule has 12 aromatic rings. The molecule has 0 aliphatic rings. The topological polar surface area (TPSA) is 48.3 Å². The molecule has 0 aliphatic heterocycles. The zero-order valence-corrected chi connectivity index (χ0v) is 26.1. The lowest BCUT2D eigenvalue weighted by Gasteiger charge is -2.09. The summed E-state index contributed by atoms with van der Waals surface area (Å²) in [4.78, 5) is 10.5. The van der Waals surface area contributed by atoms with E-state index in [1.807, 2.05) is 24.3 Å². The van der Waals surface area contributed by atoms with Gasteiger partial charge in [-0.1, -0.05) is 78.9 Å². The molecule has 0 unspecified atom stereocenters. The fraction of sp³-hybridized carbons (Fsp3) is 0. The third kappa shape index (κ3) is 3.24. The van der Waals surface area contributed by atoms with Crippen molar-refractivity contribution in [2.75, 3.05) is 0 Å². The second-order valence-corrected chi connectivity index (χ2v) is 13.0. The van der Waals surface area contributed by atoms with Crippen molar-refractivity contribution >= 4 is 93.1 Å². The van der Waals surface area contributed by atoms with Gasteiger partial charge in [0.25, 0.3) is 0 Å². The molecule has 5 aromatic heterocycles. The Balaban J connectivity index is 1.30. The van der Waals surface area contributed by atoms with Crippen LogP contribution in [0.25, 0.3) is 110 Å². The van der Waals surface area contributed by atoms with E-state index in [1.165, 1.54) is 32.6 Å². The molecule has 0 spiro atoms. The van der Waals surface area contributed by atoms with Gasteiger partial charge in [0.15, 0.2) is 5.65 Å². The second kappa shape index (κ2) is 9.00. The molecule has 0 aliphatic carbocycles. The molecule has 7 aromatic carbocycles. The summed E-state index contributed by atoms with van der Waals surface area (Å²) in [6, 6.07) is 51.7. The molecule has 5 heterocycles. The number of nitrogens with zero attached hydrogens (tertiary/aromatic N) is 4. The molecule has 0 atom stereocenters. The Morgan fingerprint density at radius 3 is 2.06 bits per heavy atom. The summed E-state index contributed by atoms with van der Waals surface area (Å²) >= 11 is 0. The lowest BCUT2D eigenvalue weighted by molar-refractivity contribution is 0.669. The Labute approximate surface area is 278 Å². The normalized spacial score (nSPS) is 12.5. The van der Waals surface area contributed by atoms with Crippen LogP contribution in [0.1, 0.15) is 0 Å². The van der Waals surface area contributed by atoms with Crippen molar-refractivity contribution in [2.24, 2.45) is 0 Å². The van der Waals surface area contributed by atoms with Crippen molar-refractivity contribution in [3.05, 3.63) is 146 Å². The molecule has 0 fully saturated rings. The van der Waals surface area contributed by atoms with E-state index < -0.39 is 0 Å². The molecule has 0 amide bonds. The van der Waals surface area contributed by atoms with Crippen LogP contribution >= 0.6 is 0 Å². The summed E-state index contributed by atoms with van der Waals surface area (Å²) in [5.74, 6) is 0. The van der Waals surface area contributed by atoms with Crippen LogP contribution in [0.15, 0.2) is 150 Å². The summed E-state index contributed by atoms with van der Waals surface area (Å²) in [6.07, 6.45) is 0. The highest BCUT2D eigenvalue weighted by Gasteiger charge is 2.25. The largest absolute Gasteiger partial charge is 0.456 e. The van der Waals surface area contributed by atoms with Crippen molar-refractivity contribution in [1.82, 2.24) is 18.9 Å². The van der Waals surface area contributed by atoms with Crippen LogP contribution in [0.4, 0.5) is 0 Å². The first-order valence-corrected chi connectivity index (χ1v) is 16.6. The molecule has 5 heteroatoms. The van der Waals surface area contributed by atoms with Gasteiger partial charge in [0.2, 0.25) is 0 Å². The molecule has 0 bridgehead atoms. The number of benzene rings is 7. The second-order valence-electron chi connectivity index (χ2n) is 13.0. The Hall–Kier alpha value is -6.72. The summed E-state index contributed by atoms with van der Waals surface area (Å²) in [6.45, 7) is 0.